The van der Waals surface area contributed by atoms with E-state index >= 15 is 0 Å². The van der Waals surface area contributed by atoms with Crippen LogP contribution in [0.4, 0.5) is 10.5 Å². The molecular formula is C10H9NO7. The van der Waals surface area contributed by atoms with Crippen LogP contribution in [-0.2, 0) is 14.3 Å². The molecule has 0 saturated carbocycles. The van der Waals surface area contributed by atoms with Crippen molar-refractivity contribution in [1.29, 1.82) is 0 Å². The summed E-state index contributed by atoms with van der Waals surface area (Å²) in [4.78, 5) is 31.2. The van der Waals surface area contributed by atoms with Gasteiger partial charge in [-0.05, 0) is 12.1 Å². The number of carbonyl (C=O) groups excluding carboxylic acids is 2. The van der Waals surface area contributed by atoms with Crippen molar-refractivity contribution in [3.8, 4) is 5.75 Å². The first-order valence-electron chi connectivity index (χ1n) is 4.71. The summed E-state index contributed by atoms with van der Waals surface area (Å²) >= 11 is 0. The highest BCUT2D eigenvalue weighted by molar-refractivity contribution is 5.66. The van der Waals surface area contributed by atoms with Gasteiger partial charge in [0, 0.05) is 19.1 Å². The first-order valence-corrected chi connectivity index (χ1v) is 4.71. The van der Waals surface area contributed by atoms with Gasteiger partial charge >= 0.3 is 12.1 Å². The van der Waals surface area contributed by atoms with E-state index in [1.54, 1.807) is 0 Å². The van der Waals surface area contributed by atoms with Crippen molar-refractivity contribution >= 4 is 17.8 Å². The highest BCUT2D eigenvalue weighted by Gasteiger charge is 2.09. The Morgan fingerprint density at radius 1 is 1.22 bits per heavy atom. The molecule has 0 radical (unpaired) electrons. The molecule has 0 aliphatic carbocycles. The van der Waals surface area contributed by atoms with Crippen LogP contribution in [0.1, 0.15) is 6.92 Å². The number of nitro benzene ring substituents is 1. The zero-order valence-corrected chi connectivity index (χ0v) is 9.32. The first kappa shape index (κ1) is 13.4. The highest BCUT2D eigenvalue weighted by Crippen LogP contribution is 2.17. The highest BCUT2D eigenvalue weighted by atomic mass is 16.8. The molecule has 0 atom stereocenters. The summed E-state index contributed by atoms with van der Waals surface area (Å²) in [5, 5.41) is 10.4. The Balaban J connectivity index is 2.44. The quantitative estimate of drug-likeness (QED) is 0.264. The molecule has 18 heavy (non-hydrogen) atoms. The lowest BCUT2D eigenvalue weighted by Crippen LogP contribution is -2.14. The second-order valence-corrected chi connectivity index (χ2v) is 3.00. The lowest BCUT2D eigenvalue weighted by atomic mass is 10.3. The summed E-state index contributed by atoms with van der Waals surface area (Å²) in [7, 11) is 0. The minimum absolute atomic E-state index is 0.0772. The number of nitro groups is 1. The molecule has 1 rings (SSSR count). The van der Waals surface area contributed by atoms with Crippen LogP contribution in [0.2, 0.25) is 0 Å². The largest absolute Gasteiger partial charge is 0.516 e. The van der Waals surface area contributed by atoms with Crippen LogP contribution in [0.25, 0.3) is 0 Å². The van der Waals surface area contributed by atoms with Crippen LogP contribution in [0.5, 0.6) is 5.75 Å². The molecule has 1 aromatic carbocycles. The fraction of sp³-hybridized carbons (Fsp3) is 0.200. The molecule has 0 aliphatic heterocycles. The number of nitrogens with zero attached hydrogens (tertiary/aromatic N) is 1. The van der Waals surface area contributed by atoms with E-state index in [9.17, 15) is 19.7 Å². The van der Waals surface area contributed by atoms with Crippen molar-refractivity contribution in [2.24, 2.45) is 0 Å². The summed E-state index contributed by atoms with van der Waals surface area (Å²) in [5.41, 5.74) is -0.129. The summed E-state index contributed by atoms with van der Waals surface area (Å²) in [6, 6.07) is 4.83. The van der Waals surface area contributed by atoms with Crippen molar-refractivity contribution < 1.29 is 28.7 Å². The standard InChI is InChI=1S/C10H9NO7/c1-7(12)16-6-17-10(13)18-9-4-2-8(3-5-9)11(14)15/h2-5H,6H2,1H3. The van der Waals surface area contributed by atoms with Gasteiger partial charge in [-0.3, -0.25) is 14.9 Å². The Labute approximate surface area is 101 Å². The predicted octanol–water partition coefficient (Wildman–Crippen LogP) is 1.63. The number of hydrogen-bond acceptors (Lipinski definition) is 7. The monoisotopic (exact) mass is 255 g/mol. The van der Waals surface area contributed by atoms with Gasteiger partial charge in [0.1, 0.15) is 5.75 Å². The maximum Gasteiger partial charge on any atom is 0.516 e. The zero-order chi connectivity index (χ0) is 13.5. The minimum atomic E-state index is -1.08. The van der Waals surface area contributed by atoms with Gasteiger partial charge in [-0.1, -0.05) is 0 Å². The smallest absolute Gasteiger partial charge is 0.428 e. The molecule has 0 spiro atoms. The summed E-state index contributed by atoms with van der Waals surface area (Å²) in [6.45, 7) is 0.603. The van der Waals surface area contributed by atoms with Crippen LogP contribution < -0.4 is 4.74 Å². The van der Waals surface area contributed by atoms with Gasteiger partial charge in [0.25, 0.3) is 5.69 Å². The van der Waals surface area contributed by atoms with Gasteiger partial charge in [-0.15, -0.1) is 0 Å². The molecule has 1 aromatic rings. The minimum Gasteiger partial charge on any atom is -0.428 e. The molecule has 0 heterocycles. The zero-order valence-electron chi connectivity index (χ0n) is 9.32. The summed E-state index contributed by atoms with van der Waals surface area (Å²) < 4.78 is 13.4. The van der Waals surface area contributed by atoms with Crippen LogP contribution in [0, 0.1) is 10.1 Å². The van der Waals surface area contributed by atoms with Gasteiger partial charge in [0.2, 0.25) is 6.79 Å². The van der Waals surface area contributed by atoms with Crippen LogP contribution in [0.3, 0.4) is 0 Å². The maximum atomic E-state index is 11.0. The van der Waals surface area contributed by atoms with Crippen LogP contribution in [0.15, 0.2) is 24.3 Å². The molecule has 0 amide bonds. The number of non-ortho nitro benzene ring substituents is 1. The van der Waals surface area contributed by atoms with E-state index in [1.807, 2.05) is 0 Å². The Morgan fingerprint density at radius 2 is 1.83 bits per heavy atom. The van der Waals surface area contributed by atoms with E-state index in [2.05, 4.69) is 14.2 Å². The van der Waals surface area contributed by atoms with Gasteiger partial charge in [-0.25, -0.2) is 4.79 Å². The number of benzene rings is 1. The molecule has 8 nitrogen and oxygen atoms in total. The van der Waals surface area contributed by atoms with E-state index in [4.69, 9.17) is 0 Å². The lowest BCUT2D eigenvalue weighted by molar-refractivity contribution is -0.384. The molecular weight excluding hydrogens is 246 g/mol. The van der Waals surface area contributed by atoms with E-state index in [-0.39, 0.29) is 11.4 Å². The van der Waals surface area contributed by atoms with Crippen molar-refractivity contribution in [2.75, 3.05) is 6.79 Å². The number of rotatable bonds is 4. The second kappa shape index (κ2) is 6.18. The van der Waals surface area contributed by atoms with E-state index in [0.29, 0.717) is 0 Å². The topological polar surface area (TPSA) is 105 Å². The van der Waals surface area contributed by atoms with Gasteiger partial charge < -0.3 is 14.2 Å². The summed E-state index contributed by atoms with van der Waals surface area (Å²) in [6.07, 6.45) is -1.08. The van der Waals surface area contributed by atoms with Gasteiger partial charge in [-0.2, -0.15) is 0 Å². The second-order valence-electron chi connectivity index (χ2n) is 3.00. The molecule has 0 N–H and O–H groups in total. The fourth-order valence-corrected chi connectivity index (χ4v) is 0.922. The summed E-state index contributed by atoms with van der Waals surface area (Å²) in [5.74, 6) is -0.522. The molecule has 8 heteroatoms. The van der Waals surface area contributed by atoms with Crippen molar-refractivity contribution in [3.63, 3.8) is 0 Å². The van der Waals surface area contributed by atoms with Crippen molar-refractivity contribution in [2.45, 2.75) is 6.92 Å². The molecule has 0 aromatic heterocycles. The predicted molar refractivity (Wildman–Crippen MR) is 56.8 cm³/mol. The lowest BCUT2D eigenvalue weighted by Gasteiger charge is -2.05. The molecule has 0 unspecified atom stereocenters. The first-order chi connectivity index (χ1) is 8.49. The number of hydrogen-bond donors (Lipinski definition) is 0. The normalized spacial score (nSPS) is 9.39. The molecule has 0 fully saturated rings. The molecule has 96 valence electrons. The number of carbonyl (C=O) groups is 2. The Kier molecular flexibility index (Phi) is 4.61. The number of ether oxygens (including phenoxy) is 3. The van der Waals surface area contributed by atoms with E-state index < -0.39 is 23.8 Å². The van der Waals surface area contributed by atoms with E-state index in [1.165, 1.54) is 24.3 Å². The number of esters is 1. The van der Waals surface area contributed by atoms with Crippen LogP contribution in [-0.4, -0.2) is 23.8 Å². The fourth-order valence-electron chi connectivity index (χ4n) is 0.922. The third-order valence-electron chi connectivity index (χ3n) is 1.69. The van der Waals surface area contributed by atoms with Gasteiger partial charge in [0.05, 0.1) is 4.92 Å². The average molecular weight is 255 g/mol. The van der Waals surface area contributed by atoms with Crippen molar-refractivity contribution in [3.05, 3.63) is 34.4 Å². The average Bonchev–Trinajstić information content (AvgIpc) is 2.29. The van der Waals surface area contributed by atoms with Crippen molar-refractivity contribution in [1.82, 2.24) is 0 Å². The molecule has 0 saturated heterocycles. The SMILES string of the molecule is CC(=O)OCOC(=O)Oc1ccc([N+](=O)[O-])cc1. The Bertz CT molecular complexity index is 454. The Morgan fingerprint density at radius 3 is 2.33 bits per heavy atom. The third kappa shape index (κ3) is 4.47. The third-order valence-corrected chi connectivity index (χ3v) is 1.69. The Hall–Kier alpha value is -2.64. The van der Waals surface area contributed by atoms with Crippen LogP contribution >= 0.6 is 0 Å². The molecule has 0 aliphatic rings. The van der Waals surface area contributed by atoms with E-state index in [0.717, 1.165) is 6.92 Å². The maximum absolute atomic E-state index is 11.0. The molecule has 0 bridgehead atoms. The van der Waals surface area contributed by atoms with Gasteiger partial charge in [0.15, 0.2) is 0 Å².